The van der Waals surface area contributed by atoms with Crippen LogP contribution in [0.2, 0.25) is 0 Å². The van der Waals surface area contributed by atoms with Gasteiger partial charge in [-0.05, 0) is 45.1 Å². The number of hydrogen-bond donors (Lipinski definition) is 1. The van der Waals surface area contributed by atoms with Gasteiger partial charge in [-0.1, -0.05) is 18.2 Å². The van der Waals surface area contributed by atoms with Gasteiger partial charge in [-0.25, -0.2) is 0 Å². The van der Waals surface area contributed by atoms with E-state index in [9.17, 15) is 4.79 Å². The highest BCUT2D eigenvalue weighted by Crippen LogP contribution is 2.55. The van der Waals surface area contributed by atoms with Crippen molar-refractivity contribution < 1.29 is 14.6 Å². The Hall–Kier alpha value is -1.51. The van der Waals surface area contributed by atoms with Crippen molar-refractivity contribution in [3.05, 3.63) is 29.3 Å². The van der Waals surface area contributed by atoms with E-state index in [1.54, 1.807) is 0 Å². The van der Waals surface area contributed by atoms with Gasteiger partial charge in [0.15, 0.2) is 0 Å². The molecule has 1 N–H and O–H groups in total. The molecule has 0 aromatic heterocycles. The van der Waals surface area contributed by atoms with Crippen LogP contribution in [0.1, 0.15) is 50.7 Å². The summed E-state index contributed by atoms with van der Waals surface area (Å²) in [7, 11) is 0. The molecule has 1 aliphatic carbocycles. The normalized spacial score (nSPS) is 22.2. The lowest BCUT2D eigenvalue weighted by molar-refractivity contribution is -0.137. The minimum absolute atomic E-state index is 0.150. The molecular formula is C16H20O3. The quantitative estimate of drug-likeness (QED) is 0.907. The van der Waals surface area contributed by atoms with Gasteiger partial charge in [-0.2, -0.15) is 0 Å². The Bertz CT molecular complexity index is 527. The van der Waals surface area contributed by atoms with Gasteiger partial charge in [-0.15, -0.1) is 0 Å². The van der Waals surface area contributed by atoms with E-state index in [1.165, 1.54) is 5.56 Å². The molecule has 102 valence electrons. The molecule has 0 saturated heterocycles. The molecule has 1 heterocycles. The Morgan fingerprint density at radius 2 is 2.05 bits per heavy atom. The molecule has 3 rings (SSSR count). The molecular weight excluding hydrogens is 240 g/mol. The molecule has 19 heavy (non-hydrogen) atoms. The Labute approximate surface area is 113 Å². The summed E-state index contributed by atoms with van der Waals surface area (Å²) < 4.78 is 6.17. The molecule has 1 aromatic rings. The van der Waals surface area contributed by atoms with Crippen molar-refractivity contribution in [2.75, 3.05) is 0 Å². The Morgan fingerprint density at radius 1 is 1.32 bits per heavy atom. The molecule has 1 aliphatic heterocycles. The molecule has 1 fully saturated rings. The molecule has 1 aromatic carbocycles. The molecule has 1 saturated carbocycles. The fraction of sp³-hybridized carbons (Fsp3) is 0.562. The lowest BCUT2D eigenvalue weighted by Gasteiger charge is -2.35. The van der Waals surface area contributed by atoms with Crippen LogP contribution in [0.5, 0.6) is 5.75 Å². The van der Waals surface area contributed by atoms with Gasteiger partial charge in [0.2, 0.25) is 0 Å². The van der Waals surface area contributed by atoms with Crippen LogP contribution in [0, 0.1) is 0 Å². The largest absolute Gasteiger partial charge is 0.487 e. The highest BCUT2D eigenvalue weighted by molar-refractivity contribution is 5.71. The van der Waals surface area contributed by atoms with Crippen LogP contribution in [0.25, 0.3) is 0 Å². The van der Waals surface area contributed by atoms with Gasteiger partial charge < -0.3 is 9.84 Å². The molecule has 3 nitrogen and oxygen atoms in total. The van der Waals surface area contributed by atoms with Crippen molar-refractivity contribution >= 4 is 5.97 Å². The van der Waals surface area contributed by atoms with Gasteiger partial charge in [0, 0.05) is 11.0 Å². The molecule has 0 unspecified atom stereocenters. The average molecular weight is 260 g/mol. The van der Waals surface area contributed by atoms with E-state index in [1.807, 2.05) is 6.07 Å². The fourth-order valence-corrected chi connectivity index (χ4v) is 3.06. The predicted octanol–water partition coefficient (Wildman–Crippen LogP) is 3.30. The van der Waals surface area contributed by atoms with Crippen molar-refractivity contribution in [2.45, 2.75) is 57.0 Å². The predicted molar refractivity (Wildman–Crippen MR) is 72.6 cm³/mol. The maximum Gasteiger partial charge on any atom is 0.304 e. The zero-order valence-electron chi connectivity index (χ0n) is 11.5. The number of carboxylic acid groups (broad SMARTS) is 1. The summed E-state index contributed by atoms with van der Waals surface area (Å²) in [5.74, 6) is 0.239. The second-order valence-corrected chi connectivity index (χ2v) is 6.51. The van der Waals surface area contributed by atoms with Gasteiger partial charge in [0.25, 0.3) is 0 Å². The number of carbonyl (C=O) groups is 1. The summed E-state index contributed by atoms with van der Waals surface area (Å²) in [6.45, 7) is 4.20. The SMILES string of the molecule is CC1(C)CCc2cccc(C3(CC(=O)O)CC3)c2O1. The van der Waals surface area contributed by atoms with Crippen LogP contribution in [0.15, 0.2) is 18.2 Å². The third-order valence-electron chi connectivity index (χ3n) is 4.39. The van der Waals surface area contributed by atoms with Gasteiger partial charge in [0.1, 0.15) is 11.4 Å². The summed E-state index contributed by atoms with van der Waals surface area (Å²) in [6.07, 6.45) is 4.15. The molecule has 3 heteroatoms. The molecule has 0 spiro atoms. The first-order valence-corrected chi connectivity index (χ1v) is 6.95. The number of aliphatic carboxylic acids is 1. The van der Waals surface area contributed by atoms with E-state index >= 15 is 0 Å². The number of aryl methyl sites for hydroxylation is 1. The van der Waals surface area contributed by atoms with Crippen LogP contribution in [0.4, 0.5) is 0 Å². The Kier molecular flexibility index (Phi) is 2.63. The molecule has 0 radical (unpaired) electrons. The van der Waals surface area contributed by atoms with Crippen molar-refractivity contribution in [1.29, 1.82) is 0 Å². The number of rotatable bonds is 3. The topological polar surface area (TPSA) is 46.5 Å². The number of benzene rings is 1. The second kappa shape index (κ2) is 3.99. The minimum atomic E-state index is -0.717. The maximum atomic E-state index is 11.1. The minimum Gasteiger partial charge on any atom is -0.487 e. The third-order valence-corrected chi connectivity index (χ3v) is 4.39. The number of ether oxygens (including phenoxy) is 1. The number of para-hydroxylation sites is 1. The summed E-state index contributed by atoms with van der Waals surface area (Å²) >= 11 is 0. The first-order chi connectivity index (χ1) is 8.92. The first-order valence-electron chi connectivity index (χ1n) is 6.95. The highest BCUT2D eigenvalue weighted by atomic mass is 16.5. The van der Waals surface area contributed by atoms with Crippen LogP contribution in [-0.2, 0) is 16.6 Å². The van der Waals surface area contributed by atoms with Crippen LogP contribution in [-0.4, -0.2) is 16.7 Å². The van der Waals surface area contributed by atoms with Gasteiger partial charge in [-0.3, -0.25) is 4.79 Å². The lowest BCUT2D eigenvalue weighted by Crippen LogP contribution is -2.34. The Morgan fingerprint density at radius 3 is 2.68 bits per heavy atom. The van der Waals surface area contributed by atoms with E-state index in [0.717, 1.165) is 37.0 Å². The van der Waals surface area contributed by atoms with E-state index < -0.39 is 5.97 Å². The van der Waals surface area contributed by atoms with Crippen molar-refractivity contribution in [3.8, 4) is 5.75 Å². The zero-order valence-corrected chi connectivity index (χ0v) is 11.5. The molecule has 0 bridgehead atoms. The highest BCUT2D eigenvalue weighted by Gasteiger charge is 2.48. The average Bonchev–Trinajstić information content (AvgIpc) is 3.07. The molecule has 2 aliphatic rings. The molecule has 0 atom stereocenters. The summed E-state index contributed by atoms with van der Waals surface area (Å²) in [5.41, 5.74) is 2.01. The third kappa shape index (κ3) is 2.22. The summed E-state index contributed by atoms with van der Waals surface area (Å²) in [5, 5.41) is 9.12. The smallest absolute Gasteiger partial charge is 0.304 e. The van der Waals surface area contributed by atoms with Crippen LogP contribution in [0.3, 0.4) is 0 Å². The van der Waals surface area contributed by atoms with Crippen LogP contribution < -0.4 is 4.74 Å². The van der Waals surface area contributed by atoms with Crippen LogP contribution >= 0.6 is 0 Å². The van der Waals surface area contributed by atoms with E-state index in [-0.39, 0.29) is 17.4 Å². The first kappa shape index (κ1) is 12.5. The maximum absolute atomic E-state index is 11.1. The van der Waals surface area contributed by atoms with Crippen molar-refractivity contribution in [1.82, 2.24) is 0 Å². The fourth-order valence-electron chi connectivity index (χ4n) is 3.06. The second-order valence-electron chi connectivity index (χ2n) is 6.51. The monoisotopic (exact) mass is 260 g/mol. The Balaban J connectivity index is 2.02. The lowest BCUT2D eigenvalue weighted by atomic mass is 9.86. The summed E-state index contributed by atoms with van der Waals surface area (Å²) in [6, 6.07) is 6.19. The van der Waals surface area contributed by atoms with Gasteiger partial charge >= 0.3 is 5.97 Å². The zero-order chi connectivity index (χ0) is 13.7. The van der Waals surface area contributed by atoms with E-state index in [2.05, 4.69) is 26.0 Å². The number of hydrogen-bond acceptors (Lipinski definition) is 2. The number of fused-ring (bicyclic) bond motifs is 1. The van der Waals surface area contributed by atoms with E-state index in [0.29, 0.717) is 0 Å². The van der Waals surface area contributed by atoms with Crippen molar-refractivity contribution in [3.63, 3.8) is 0 Å². The summed E-state index contributed by atoms with van der Waals surface area (Å²) in [4.78, 5) is 11.1. The number of carboxylic acids is 1. The van der Waals surface area contributed by atoms with Gasteiger partial charge in [0.05, 0.1) is 6.42 Å². The molecule has 0 amide bonds. The van der Waals surface area contributed by atoms with Crippen molar-refractivity contribution in [2.24, 2.45) is 0 Å². The standard InChI is InChI=1S/C16H20O3/c1-15(2)7-6-11-4-3-5-12(14(11)19-15)16(8-9-16)10-13(17)18/h3-5H,6-10H2,1-2H3,(H,17,18). The van der Waals surface area contributed by atoms with E-state index in [4.69, 9.17) is 9.84 Å².